The lowest BCUT2D eigenvalue weighted by atomic mass is 9.82. The van der Waals surface area contributed by atoms with Gasteiger partial charge >= 0.3 is 0 Å². The third kappa shape index (κ3) is 2.31. The van der Waals surface area contributed by atoms with Crippen molar-refractivity contribution in [3.63, 3.8) is 0 Å². The zero-order valence-electron chi connectivity index (χ0n) is 14.9. The summed E-state index contributed by atoms with van der Waals surface area (Å²) in [6.07, 6.45) is 7.20. The van der Waals surface area contributed by atoms with E-state index < -0.39 is 12.0 Å². The van der Waals surface area contributed by atoms with Crippen molar-refractivity contribution in [1.82, 2.24) is 4.90 Å². The molecular weight excluding hydrogens is 340 g/mol. The van der Waals surface area contributed by atoms with Gasteiger partial charge in [-0.15, -0.1) is 11.8 Å². The summed E-state index contributed by atoms with van der Waals surface area (Å²) in [7, 11) is 2.30. The molecule has 0 aromatic carbocycles. The van der Waals surface area contributed by atoms with Crippen molar-refractivity contribution in [3.8, 4) is 0 Å². The number of amides is 1. The number of nitrogens with zero attached hydrogens (tertiary/aromatic N) is 2. The highest BCUT2D eigenvalue weighted by molar-refractivity contribution is 8.01. The fraction of sp³-hybridized carbons (Fsp3) is 0.889. The molecule has 3 unspecified atom stereocenters. The van der Waals surface area contributed by atoms with E-state index in [0.717, 1.165) is 43.3 Å². The number of carboxylic acid groups (broad SMARTS) is 1. The second-order valence-electron chi connectivity index (χ2n) is 8.44. The molecule has 0 aromatic heterocycles. The Morgan fingerprint density at radius 2 is 1.96 bits per heavy atom. The van der Waals surface area contributed by atoms with Crippen LogP contribution in [0.1, 0.15) is 44.9 Å². The van der Waals surface area contributed by atoms with E-state index in [4.69, 9.17) is 0 Å². The number of quaternary nitrogens is 1. The van der Waals surface area contributed by atoms with Crippen molar-refractivity contribution in [2.75, 3.05) is 26.7 Å². The number of aliphatic hydroxyl groups excluding tert-OH is 1. The lowest BCUT2D eigenvalue weighted by molar-refractivity contribution is -0.948. The minimum absolute atomic E-state index is 0.0269. The molecular formula is C18H28N2O4S. The summed E-state index contributed by atoms with van der Waals surface area (Å²) in [6.45, 7) is 2.19. The quantitative estimate of drug-likeness (QED) is 0.543. The molecule has 1 N–H and O–H groups in total. The number of hydrogen-bond acceptors (Lipinski definition) is 5. The molecule has 4 aliphatic rings. The maximum absolute atomic E-state index is 12.5. The van der Waals surface area contributed by atoms with Gasteiger partial charge in [-0.3, -0.25) is 4.79 Å². The van der Waals surface area contributed by atoms with Crippen LogP contribution >= 0.6 is 11.8 Å². The molecule has 0 spiro atoms. The number of carboxylic acids is 1. The SMILES string of the molecule is C[N+]1(C2(C3SC4[C@@H](CCO)C(=O)N4C3C(=O)[O-])CCCC2)CCCC1. The van der Waals surface area contributed by atoms with Crippen LogP contribution in [-0.2, 0) is 9.59 Å². The highest BCUT2D eigenvalue weighted by Crippen LogP contribution is 2.58. The van der Waals surface area contributed by atoms with Gasteiger partial charge in [0.25, 0.3) is 0 Å². The largest absolute Gasteiger partial charge is 0.548 e. The first kappa shape index (κ1) is 17.6. The predicted molar refractivity (Wildman–Crippen MR) is 92.4 cm³/mol. The topological polar surface area (TPSA) is 80.7 Å². The van der Waals surface area contributed by atoms with Crippen LogP contribution in [0.5, 0.6) is 0 Å². The van der Waals surface area contributed by atoms with Gasteiger partial charge < -0.3 is 24.4 Å². The van der Waals surface area contributed by atoms with E-state index in [1.54, 1.807) is 16.7 Å². The first-order chi connectivity index (χ1) is 12.0. The van der Waals surface area contributed by atoms with Crippen molar-refractivity contribution in [3.05, 3.63) is 0 Å². The van der Waals surface area contributed by atoms with Crippen LogP contribution < -0.4 is 5.11 Å². The molecule has 1 aliphatic carbocycles. The van der Waals surface area contributed by atoms with E-state index in [1.165, 1.54) is 12.8 Å². The molecule has 3 heterocycles. The highest BCUT2D eigenvalue weighted by Gasteiger charge is 2.67. The van der Waals surface area contributed by atoms with E-state index in [0.29, 0.717) is 6.42 Å². The molecule has 7 heteroatoms. The molecule has 0 radical (unpaired) electrons. The first-order valence-corrected chi connectivity index (χ1v) is 10.5. The highest BCUT2D eigenvalue weighted by atomic mass is 32.2. The van der Waals surface area contributed by atoms with Crippen molar-refractivity contribution >= 4 is 23.6 Å². The van der Waals surface area contributed by atoms with Crippen LogP contribution in [0.4, 0.5) is 0 Å². The van der Waals surface area contributed by atoms with Crippen molar-refractivity contribution in [2.45, 2.75) is 67.2 Å². The zero-order valence-corrected chi connectivity index (χ0v) is 15.7. The van der Waals surface area contributed by atoms with Gasteiger partial charge in [0.1, 0.15) is 5.54 Å². The standard InChI is InChI=1S/C18H28N2O4S/c1-20(9-4-5-10-20)18(7-2-3-8-18)14-13(17(23)24)19-15(22)12(6-11-21)16(19)25-14/h12-14,16,21H,2-11H2,1H3/t12-,13?,14?,16?/m0/s1. The average Bonchev–Trinajstić information content (AvgIpc) is 3.29. The number of thioether (sulfide) groups is 1. The number of fused-ring (bicyclic) bond motifs is 1. The van der Waals surface area contributed by atoms with Gasteiger partial charge in [-0.05, 0) is 19.3 Å². The molecule has 140 valence electrons. The molecule has 4 fully saturated rings. The number of carbonyl (C=O) groups excluding carboxylic acids is 2. The number of β-lactam (4-membered cyclic amide) rings is 1. The Balaban J connectivity index is 1.70. The maximum Gasteiger partial charge on any atom is 0.230 e. The van der Waals surface area contributed by atoms with Crippen molar-refractivity contribution < 1.29 is 24.3 Å². The molecule has 25 heavy (non-hydrogen) atoms. The Kier molecular flexibility index (Phi) is 4.32. The number of rotatable bonds is 5. The number of aliphatic carboxylic acids is 1. The summed E-state index contributed by atoms with van der Waals surface area (Å²) in [4.78, 5) is 26.1. The summed E-state index contributed by atoms with van der Waals surface area (Å²) in [6, 6.07) is -0.814. The van der Waals surface area contributed by atoms with E-state index in [9.17, 15) is 19.8 Å². The summed E-state index contributed by atoms with van der Waals surface area (Å²) >= 11 is 1.69. The molecule has 1 amide bonds. The Labute approximate surface area is 153 Å². The van der Waals surface area contributed by atoms with Crippen LogP contribution in [0.3, 0.4) is 0 Å². The van der Waals surface area contributed by atoms with Crippen molar-refractivity contribution in [1.29, 1.82) is 0 Å². The van der Waals surface area contributed by atoms with Crippen LogP contribution in [0.2, 0.25) is 0 Å². The molecule has 0 bridgehead atoms. The summed E-state index contributed by atoms with van der Waals surface area (Å²) < 4.78 is 0.952. The van der Waals surface area contributed by atoms with E-state index in [2.05, 4.69) is 7.05 Å². The molecule has 3 aliphatic heterocycles. The third-order valence-corrected chi connectivity index (χ3v) is 9.20. The van der Waals surface area contributed by atoms with E-state index in [1.807, 2.05) is 0 Å². The molecule has 4 rings (SSSR count). The van der Waals surface area contributed by atoms with Crippen LogP contribution in [0.25, 0.3) is 0 Å². The van der Waals surface area contributed by atoms with Gasteiger partial charge in [0.2, 0.25) is 5.91 Å². The number of aliphatic hydroxyl groups is 1. The van der Waals surface area contributed by atoms with Gasteiger partial charge in [0, 0.05) is 32.3 Å². The Morgan fingerprint density at radius 3 is 2.52 bits per heavy atom. The Morgan fingerprint density at radius 1 is 1.32 bits per heavy atom. The zero-order chi connectivity index (χ0) is 17.8. The Hall–Kier alpha value is -0.790. The number of hydrogen-bond donors (Lipinski definition) is 1. The lowest BCUT2D eigenvalue weighted by Gasteiger charge is -2.51. The van der Waals surface area contributed by atoms with Crippen LogP contribution in [-0.4, -0.2) is 75.3 Å². The molecule has 6 nitrogen and oxygen atoms in total. The van der Waals surface area contributed by atoms with Gasteiger partial charge in [0.05, 0.1) is 48.7 Å². The second-order valence-corrected chi connectivity index (χ2v) is 9.70. The second kappa shape index (κ2) is 6.13. The monoisotopic (exact) mass is 368 g/mol. The fourth-order valence-electron chi connectivity index (χ4n) is 6.04. The van der Waals surface area contributed by atoms with Gasteiger partial charge in [-0.1, -0.05) is 0 Å². The molecule has 0 aromatic rings. The van der Waals surface area contributed by atoms with Gasteiger partial charge in [-0.2, -0.15) is 0 Å². The van der Waals surface area contributed by atoms with E-state index in [-0.39, 0.29) is 34.6 Å². The summed E-state index contributed by atoms with van der Waals surface area (Å²) in [5.41, 5.74) is -0.0622. The minimum atomic E-state index is -1.10. The average molecular weight is 368 g/mol. The van der Waals surface area contributed by atoms with Gasteiger partial charge in [0.15, 0.2) is 0 Å². The van der Waals surface area contributed by atoms with Gasteiger partial charge in [-0.25, -0.2) is 0 Å². The van der Waals surface area contributed by atoms with Crippen LogP contribution in [0.15, 0.2) is 0 Å². The fourth-order valence-corrected chi connectivity index (χ4v) is 8.28. The Bertz CT molecular complexity index is 571. The summed E-state index contributed by atoms with van der Waals surface area (Å²) in [5.74, 6) is -1.45. The maximum atomic E-state index is 12.5. The lowest BCUT2D eigenvalue weighted by Crippen LogP contribution is -2.70. The third-order valence-electron chi connectivity index (χ3n) is 7.37. The normalized spacial score (nSPS) is 38.6. The molecule has 1 saturated carbocycles. The predicted octanol–water partition coefficient (Wildman–Crippen LogP) is -0.0596. The molecule has 3 saturated heterocycles. The van der Waals surface area contributed by atoms with E-state index >= 15 is 0 Å². The smallest absolute Gasteiger partial charge is 0.230 e. The first-order valence-electron chi connectivity index (χ1n) is 9.59. The number of likely N-dealkylation sites (tertiary alicyclic amines) is 1. The minimum Gasteiger partial charge on any atom is -0.548 e. The van der Waals surface area contributed by atoms with Crippen LogP contribution in [0, 0.1) is 5.92 Å². The summed E-state index contributed by atoms with van der Waals surface area (Å²) in [5, 5.41) is 21.1. The van der Waals surface area contributed by atoms with Crippen molar-refractivity contribution in [2.24, 2.45) is 5.92 Å². The number of carbonyl (C=O) groups is 2. The molecule has 4 atom stereocenters.